The van der Waals surface area contributed by atoms with E-state index in [1.54, 1.807) is 0 Å². The standard InChI is InChI=1S/C12H18N/c1-4-5-8-13-9-6-12(7-10-13)11(2)3/h6-7,9-10H,2,4-5,8H2,1,3H3/q+1. The number of nitrogens with zero attached hydrogens (tertiary/aromatic N) is 1. The molecule has 1 rings (SSSR count). The molecular weight excluding hydrogens is 158 g/mol. The Labute approximate surface area is 80.7 Å². The number of allylic oxidation sites excluding steroid dienone is 1. The fourth-order valence-corrected chi connectivity index (χ4v) is 1.23. The van der Waals surface area contributed by atoms with E-state index in [2.05, 4.69) is 42.6 Å². The van der Waals surface area contributed by atoms with Crippen LogP contribution in [-0.4, -0.2) is 0 Å². The van der Waals surface area contributed by atoms with Gasteiger partial charge in [-0.25, -0.2) is 4.57 Å². The second kappa shape index (κ2) is 4.80. The lowest BCUT2D eigenvalue weighted by Gasteiger charge is -1.98. The molecular formula is C12H18N+. The van der Waals surface area contributed by atoms with Crippen molar-refractivity contribution in [2.75, 3.05) is 0 Å². The maximum Gasteiger partial charge on any atom is 0.169 e. The van der Waals surface area contributed by atoms with E-state index in [0.717, 1.165) is 12.1 Å². The highest BCUT2D eigenvalue weighted by Crippen LogP contribution is 2.07. The summed E-state index contributed by atoms with van der Waals surface area (Å²) >= 11 is 0. The van der Waals surface area contributed by atoms with Gasteiger partial charge in [-0.3, -0.25) is 0 Å². The zero-order valence-electron chi connectivity index (χ0n) is 8.59. The number of unbranched alkanes of at least 4 members (excludes halogenated alkanes) is 1. The van der Waals surface area contributed by atoms with E-state index in [9.17, 15) is 0 Å². The maximum atomic E-state index is 3.91. The Morgan fingerprint density at radius 3 is 2.46 bits per heavy atom. The van der Waals surface area contributed by atoms with E-state index >= 15 is 0 Å². The molecule has 0 aliphatic rings. The molecule has 1 aromatic rings. The molecule has 0 unspecified atom stereocenters. The second-order valence-corrected chi connectivity index (χ2v) is 3.46. The Balaban J connectivity index is 2.64. The largest absolute Gasteiger partial charge is 0.205 e. The van der Waals surface area contributed by atoms with Crippen molar-refractivity contribution in [2.45, 2.75) is 33.2 Å². The van der Waals surface area contributed by atoms with E-state index in [4.69, 9.17) is 0 Å². The van der Waals surface area contributed by atoms with Gasteiger partial charge in [0.1, 0.15) is 6.54 Å². The van der Waals surface area contributed by atoms with Gasteiger partial charge >= 0.3 is 0 Å². The molecule has 1 heteroatoms. The Morgan fingerprint density at radius 1 is 1.38 bits per heavy atom. The molecule has 0 aliphatic heterocycles. The monoisotopic (exact) mass is 176 g/mol. The summed E-state index contributed by atoms with van der Waals surface area (Å²) in [6.07, 6.45) is 6.74. The predicted octanol–water partition coefficient (Wildman–Crippen LogP) is 2.81. The highest BCUT2D eigenvalue weighted by molar-refractivity contribution is 5.59. The van der Waals surface area contributed by atoms with Crippen LogP contribution in [-0.2, 0) is 6.54 Å². The molecule has 0 radical (unpaired) electrons. The third-order valence-corrected chi connectivity index (χ3v) is 2.15. The van der Waals surface area contributed by atoms with Gasteiger partial charge in [0, 0.05) is 18.6 Å². The molecule has 0 atom stereocenters. The summed E-state index contributed by atoms with van der Waals surface area (Å²) < 4.78 is 2.22. The van der Waals surface area contributed by atoms with Crippen molar-refractivity contribution in [3.8, 4) is 0 Å². The first kappa shape index (κ1) is 9.97. The van der Waals surface area contributed by atoms with Crippen molar-refractivity contribution < 1.29 is 4.57 Å². The molecule has 0 saturated carbocycles. The highest BCUT2D eigenvalue weighted by atomic mass is 14.9. The van der Waals surface area contributed by atoms with Gasteiger partial charge in [-0.2, -0.15) is 0 Å². The summed E-state index contributed by atoms with van der Waals surface area (Å²) in [6.45, 7) is 9.27. The summed E-state index contributed by atoms with van der Waals surface area (Å²) in [5.74, 6) is 0. The lowest BCUT2D eigenvalue weighted by atomic mass is 10.1. The highest BCUT2D eigenvalue weighted by Gasteiger charge is 1.99. The van der Waals surface area contributed by atoms with E-state index in [1.807, 2.05) is 6.92 Å². The number of rotatable bonds is 4. The van der Waals surface area contributed by atoms with Crippen LogP contribution in [0.3, 0.4) is 0 Å². The van der Waals surface area contributed by atoms with Crippen molar-refractivity contribution in [1.29, 1.82) is 0 Å². The molecule has 0 fully saturated rings. The van der Waals surface area contributed by atoms with Crippen LogP contribution in [0, 0.1) is 0 Å². The average Bonchev–Trinajstić information content (AvgIpc) is 2.15. The molecule has 1 heterocycles. The number of pyridine rings is 1. The van der Waals surface area contributed by atoms with Gasteiger partial charge in [-0.15, -0.1) is 0 Å². The summed E-state index contributed by atoms with van der Waals surface area (Å²) in [5, 5.41) is 0. The molecule has 1 nitrogen and oxygen atoms in total. The average molecular weight is 176 g/mol. The third-order valence-electron chi connectivity index (χ3n) is 2.15. The molecule has 0 saturated heterocycles. The summed E-state index contributed by atoms with van der Waals surface area (Å²) in [7, 11) is 0. The molecule has 0 N–H and O–H groups in total. The second-order valence-electron chi connectivity index (χ2n) is 3.46. The van der Waals surface area contributed by atoms with E-state index < -0.39 is 0 Å². The molecule has 1 aromatic heterocycles. The molecule has 0 spiro atoms. The van der Waals surface area contributed by atoms with Gasteiger partial charge in [0.2, 0.25) is 0 Å². The Bertz CT molecular complexity index is 272. The topological polar surface area (TPSA) is 3.88 Å². The lowest BCUT2D eigenvalue weighted by molar-refractivity contribution is -0.697. The van der Waals surface area contributed by atoms with Gasteiger partial charge in [0.25, 0.3) is 0 Å². The minimum Gasteiger partial charge on any atom is -0.205 e. The van der Waals surface area contributed by atoms with Crippen LogP contribution in [0.25, 0.3) is 5.57 Å². The summed E-state index contributed by atoms with van der Waals surface area (Å²) in [6, 6.07) is 4.25. The fraction of sp³-hybridized carbons (Fsp3) is 0.417. The fourth-order valence-electron chi connectivity index (χ4n) is 1.23. The SMILES string of the molecule is C=C(C)c1cc[n+](CCCC)cc1. The van der Waals surface area contributed by atoms with Crippen molar-refractivity contribution >= 4 is 5.57 Å². The van der Waals surface area contributed by atoms with E-state index in [0.29, 0.717) is 0 Å². The zero-order chi connectivity index (χ0) is 9.68. The summed E-state index contributed by atoms with van der Waals surface area (Å²) in [4.78, 5) is 0. The minimum absolute atomic E-state index is 1.12. The van der Waals surface area contributed by atoms with Crippen LogP contribution in [0.15, 0.2) is 31.1 Å². The van der Waals surface area contributed by atoms with Crippen molar-refractivity contribution in [2.24, 2.45) is 0 Å². The quantitative estimate of drug-likeness (QED) is 0.621. The first-order valence-corrected chi connectivity index (χ1v) is 4.89. The van der Waals surface area contributed by atoms with E-state index in [-0.39, 0.29) is 0 Å². The van der Waals surface area contributed by atoms with Gasteiger partial charge < -0.3 is 0 Å². The predicted molar refractivity (Wildman–Crippen MR) is 56.3 cm³/mol. The Hall–Kier alpha value is -1.11. The lowest BCUT2D eigenvalue weighted by Crippen LogP contribution is -2.32. The van der Waals surface area contributed by atoms with Gasteiger partial charge in [0.15, 0.2) is 12.4 Å². The smallest absolute Gasteiger partial charge is 0.169 e. The molecule has 0 bridgehead atoms. The number of hydrogen-bond donors (Lipinski definition) is 0. The van der Waals surface area contributed by atoms with Gasteiger partial charge in [-0.1, -0.05) is 25.5 Å². The number of aromatic nitrogens is 1. The number of aryl methyl sites for hydroxylation is 1. The van der Waals surface area contributed by atoms with Gasteiger partial charge in [-0.05, 0) is 12.5 Å². The molecule has 13 heavy (non-hydrogen) atoms. The molecule has 0 aromatic carbocycles. The Morgan fingerprint density at radius 2 is 2.00 bits per heavy atom. The van der Waals surface area contributed by atoms with Crippen LogP contribution in [0.4, 0.5) is 0 Å². The van der Waals surface area contributed by atoms with Crippen LogP contribution < -0.4 is 4.57 Å². The normalized spacial score (nSPS) is 10.0. The zero-order valence-corrected chi connectivity index (χ0v) is 8.59. The first-order chi connectivity index (χ1) is 6.24. The van der Waals surface area contributed by atoms with Crippen LogP contribution >= 0.6 is 0 Å². The molecule has 0 amide bonds. The van der Waals surface area contributed by atoms with Crippen molar-refractivity contribution in [3.63, 3.8) is 0 Å². The maximum absolute atomic E-state index is 3.91. The number of hydrogen-bond acceptors (Lipinski definition) is 0. The summed E-state index contributed by atoms with van der Waals surface area (Å²) in [5.41, 5.74) is 2.36. The first-order valence-electron chi connectivity index (χ1n) is 4.89. The van der Waals surface area contributed by atoms with Crippen LogP contribution in [0.2, 0.25) is 0 Å². The van der Waals surface area contributed by atoms with Crippen LogP contribution in [0.1, 0.15) is 32.3 Å². The van der Waals surface area contributed by atoms with Crippen molar-refractivity contribution in [1.82, 2.24) is 0 Å². The van der Waals surface area contributed by atoms with Crippen LogP contribution in [0.5, 0.6) is 0 Å². The molecule has 0 aliphatic carbocycles. The Kier molecular flexibility index (Phi) is 3.69. The van der Waals surface area contributed by atoms with E-state index in [1.165, 1.54) is 18.4 Å². The van der Waals surface area contributed by atoms with Crippen molar-refractivity contribution in [3.05, 3.63) is 36.7 Å². The van der Waals surface area contributed by atoms with Gasteiger partial charge in [0.05, 0.1) is 0 Å². The molecule has 70 valence electrons. The third kappa shape index (κ3) is 3.02. The minimum atomic E-state index is 1.12.